The number of hydrogen-bond acceptors (Lipinski definition) is 5. The van der Waals surface area contributed by atoms with Crippen LogP contribution < -0.4 is 0 Å². The maximum Gasteiger partial charge on any atom is 0.143 e. The normalized spacial score (nSPS) is 11.8. The summed E-state index contributed by atoms with van der Waals surface area (Å²) in [6.45, 7) is 6.27. The van der Waals surface area contributed by atoms with Gasteiger partial charge < -0.3 is 8.83 Å². The first kappa shape index (κ1) is 17.2. The molecule has 0 atom stereocenters. The SMILES string of the molecule is C=C(S/C(=C\C)c1ccco1)c1ccc(-c2ccc(-c3ccco3)s2)s1. The lowest BCUT2D eigenvalue weighted by Crippen LogP contribution is -1.76. The third-order valence-corrected chi connectivity index (χ3v) is 7.45. The Labute approximate surface area is 164 Å². The van der Waals surface area contributed by atoms with Gasteiger partial charge in [0.25, 0.3) is 0 Å². The summed E-state index contributed by atoms with van der Waals surface area (Å²) in [7, 11) is 0. The number of rotatable bonds is 6. The van der Waals surface area contributed by atoms with E-state index < -0.39 is 0 Å². The van der Waals surface area contributed by atoms with Crippen LogP contribution in [0.2, 0.25) is 0 Å². The molecular formula is C21H16O2S3. The van der Waals surface area contributed by atoms with Crippen molar-refractivity contribution >= 4 is 44.2 Å². The highest BCUT2D eigenvalue weighted by Crippen LogP contribution is 2.44. The topological polar surface area (TPSA) is 26.3 Å². The van der Waals surface area contributed by atoms with E-state index in [0.717, 1.165) is 26.2 Å². The lowest BCUT2D eigenvalue weighted by Gasteiger charge is -2.05. The molecule has 130 valence electrons. The van der Waals surface area contributed by atoms with Crippen molar-refractivity contribution < 1.29 is 8.83 Å². The summed E-state index contributed by atoms with van der Waals surface area (Å²) in [5.41, 5.74) is 0. The van der Waals surface area contributed by atoms with Crippen LogP contribution in [0.25, 0.3) is 30.2 Å². The van der Waals surface area contributed by atoms with E-state index in [9.17, 15) is 0 Å². The molecule has 0 saturated heterocycles. The molecule has 26 heavy (non-hydrogen) atoms. The van der Waals surface area contributed by atoms with E-state index in [0.29, 0.717) is 0 Å². The zero-order valence-corrected chi connectivity index (χ0v) is 16.5. The lowest BCUT2D eigenvalue weighted by atomic mass is 10.3. The van der Waals surface area contributed by atoms with Crippen LogP contribution in [0.1, 0.15) is 17.6 Å². The standard InChI is InChI=1S/C21H16O2S3/c1-3-17(15-6-4-12-22-15)24-14(2)18-8-10-20(25-18)21-11-9-19(26-21)16-7-5-13-23-16/h3-13H,2H2,1H3/b17-3-. The van der Waals surface area contributed by atoms with Crippen molar-refractivity contribution in [3.8, 4) is 20.4 Å². The first-order valence-electron chi connectivity index (χ1n) is 8.06. The van der Waals surface area contributed by atoms with Crippen LogP contribution >= 0.6 is 34.4 Å². The van der Waals surface area contributed by atoms with Crippen molar-refractivity contribution in [1.82, 2.24) is 0 Å². The van der Waals surface area contributed by atoms with Crippen molar-refractivity contribution in [2.45, 2.75) is 6.92 Å². The molecule has 0 bridgehead atoms. The molecule has 0 unspecified atom stereocenters. The summed E-state index contributed by atoms with van der Waals surface area (Å²) in [5.74, 6) is 1.78. The van der Waals surface area contributed by atoms with E-state index in [-0.39, 0.29) is 0 Å². The molecule has 0 N–H and O–H groups in total. The highest BCUT2D eigenvalue weighted by molar-refractivity contribution is 8.16. The highest BCUT2D eigenvalue weighted by Gasteiger charge is 2.13. The van der Waals surface area contributed by atoms with Gasteiger partial charge in [-0.2, -0.15) is 0 Å². The molecule has 5 heteroatoms. The molecule has 0 radical (unpaired) electrons. The predicted molar refractivity (Wildman–Crippen MR) is 114 cm³/mol. The molecule has 4 rings (SSSR count). The molecule has 0 saturated carbocycles. The van der Waals surface area contributed by atoms with E-state index in [4.69, 9.17) is 8.83 Å². The molecule has 0 aliphatic heterocycles. The number of hydrogen-bond donors (Lipinski definition) is 0. The summed E-state index contributed by atoms with van der Waals surface area (Å²) in [6, 6.07) is 16.3. The number of allylic oxidation sites excluding steroid dienone is 1. The van der Waals surface area contributed by atoms with Gasteiger partial charge in [0.15, 0.2) is 0 Å². The molecule has 0 aromatic carbocycles. The first-order valence-corrected chi connectivity index (χ1v) is 10.5. The Bertz CT molecular complexity index is 1030. The van der Waals surface area contributed by atoms with E-state index >= 15 is 0 Å². The summed E-state index contributed by atoms with van der Waals surface area (Å²) in [5, 5.41) is 0. The number of thiophene rings is 2. The smallest absolute Gasteiger partial charge is 0.143 e. The van der Waals surface area contributed by atoms with Crippen LogP contribution in [0.4, 0.5) is 0 Å². The van der Waals surface area contributed by atoms with Crippen LogP contribution in [0, 0.1) is 0 Å². The maximum absolute atomic E-state index is 5.50. The van der Waals surface area contributed by atoms with Gasteiger partial charge in [-0.1, -0.05) is 24.4 Å². The summed E-state index contributed by atoms with van der Waals surface area (Å²) >= 11 is 5.13. The molecule has 0 fully saturated rings. The van der Waals surface area contributed by atoms with Crippen molar-refractivity contribution in [3.63, 3.8) is 0 Å². The van der Waals surface area contributed by atoms with Gasteiger partial charge in [-0.15, -0.1) is 22.7 Å². The second kappa shape index (κ2) is 7.58. The van der Waals surface area contributed by atoms with Gasteiger partial charge in [0, 0.05) is 19.5 Å². The van der Waals surface area contributed by atoms with Crippen LogP contribution in [-0.4, -0.2) is 0 Å². The number of thioether (sulfide) groups is 1. The fraction of sp³-hybridized carbons (Fsp3) is 0.0476. The second-order valence-corrected chi connectivity index (χ2v) is 8.76. The fourth-order valence-corrected chi connectivity index (χ4v) is 5.45. The first-order chi connectivity index (χ1) is 12.7. The fourth-order valence-electron chi connectivity index (χ4n) is 2.49. The van der Waals surface area contributed by atoms with Crippen molar-refractivity contribution in [3.05, 3.63) is 84.3 Å². The van der Waals surface area contributed by atoms with Gasteiger partial charge in [-0.3, -0.25) is 0 Å². The Hall–Kier alpha value is -2.21. The molecule has 0 amide bonds. The minimum Gasteiger partial charge on any atom is -0.464 e. The van der Waals surface area contributed by atoms with E-state index in [1.807, 2.05) is 31.2 Å². The van der Waals surface area contributed by atoms with E-state index in [2.05, 4.69) is 36.9 Å². The Balaban J connectivity index is 1.52. The summed E-state index contributed by atoms with van der Waals surface area (Å²) in [6.07, 6.45) is 5.45. The third-order valence-electron chi connectivity index (χ3n) is 3.75. The molecular weight excluding hydrogens is 380 g/mol. The van der Waals surface area contributed by atoms with E-state index in [1.165, 1.54) is 14.6 Å². The molecule has 2 nitrogen and oxygen atoms in total. The monoisotopic (exact) mass is 396 g/mol. The Morgan fingerprint density at radius 1 is 0.923 bits per heavy atom. The lowest BCUT2D eigenvalue weighted by molar-refractivity contribution is 0.556. The second-order valence-electron chi connectivity index (χ2n) is 5.46. The Kier molecular flexibility index (Phi) is 5.02. The number of furan rings is 2. The minimum atomic E-state index is 0.872. The minimum absolute atomic E-state index is 0.872. The molecule has 4 aromatic heterocycles. The van der Waals surface area contributed by atoms with Gasteiger partial charge in [0.05, 0.1) is 22.3 Å². The van der Waals surface area contributed by atoms with Crippen molar-refractivity contribution in [2.24, 2.45) is 0 Å². The molecule has 4 heterocycles. The van der Waals surface area contributed by atoms with Crippen molar-refractivity contribution in [1.29, 1.82) is 0 Å². The predicted octanol–water partition coefficient (Wildman–Crippen LogP) is 8.09. The van der Waals surface area contributed by atoms with Gasteiger partial charge in [-0.25, -0.2) is 0 Å². The largest absolute Gasteiger partial charge is 0.464 e. The van der Waals surface area contributed by atoms with Gasteiger partial charge in [-0.05, 0) is 55.5 Å². The third kappa shape index (κ3) is 3.51. The molecule has 0 spiro atoms. The average Bonchev–Trinajstić information content (AvgIpc) is 3.43. The van der Waals surface area contributed by atoms with Crippen LogP contribution in [0.5, 0.6) is 0 Å². The van der Waals surface area contributed by atoms with Crippen LogP contribution in [0.3, 0.4) is 0 Å². The maximum atomic E-state index is 5.50. The van der Waals surface area contributed by atoms with Gasteiger partial charge >= 0.3 is 0 Å². The molecule has 4 aromatic rings. The van der Waals surface area contributed by atoms with E-state index in [1.54, 1.807) is 47.0 Å². The summed E-state index contributed by atoms with van der Waals surface area (Å²) in [4.78, 5) is 6.89. The average molecular weight is 397 g/mol. The van der Waals surface area contributed by atoms with Gasteiger partial charge in [0.1, 0.15) is 11.5 Å². The Morgan fingerprint density at radius 3 is 2.38 bits per heavy atom. The molecule has 0 aliphatic rings. The zero-order valence-electron chi connectivity index (χ0n) is 14.1. The Morgan fingerprint density at radius 2 is 1.65 bits per heavy atom. The van der Waals surface area contributed by atoms with Gasteiger partial charge in [0.2, 0.25) is 0 Å². The van der Waals surface area contributed by atoms with Crippen LogP contribution in [0.15, 0.2) is 82.5 Å². The van der Waals surface area contributed by atoms with Crippen LogP contribution in [-0.2, 0) is 0 Å². The molecule has 0 aliphatic carbocycles. The van der Waals surface area contributed by atoms with Crippen molar-refractivity contribution in [2.75, 3.05) is 0 Å². The highest BCUT2D eigenvalue weighted by atomic mass is 32.2. The summed E-state index contributed by atoms with van der Waals surface area (Å²) < 4.78 is 11.0. The zero-order chi connectivity index (χ0) is 17.9. The quantitative estimate of drug-likeness (QED) is 0.329.